The van der Waals surface area contributed by atoms with E-state index < -0.39 is 7.60 Å². The molecule has 3 nitrogen and oxygen atoms in total. The molecule has 2 atom stereocenters. The SMILES string of the molecule is CCC(C)P(=O)(O)OC. The second-order valence-corrected chi connectivity index (χ2v) is 4.38. The van der Waals surface area contributed by atoms with E-state index in [1.54, 1.807) is 6.92 Å². The van der Waals surface area contributed by atoms with Crippen LogP contribution in [-0.4, -0.2) is 17.7 Å². The van der Waals surface area contributed by atoms with Crippen LogP contribution in [0.25, 0.3) is 0 Å². The van der Waals surface area contributed by atoms with E-state index in [1.807, 2.05) is 6.92 Å². The standard InChI is InChI=1S/C5H13O3P/c1-4-5(2)9(6,7)8-3/h5H,4H2,1-3H3,(H,6,7). The molecule has 0 aromatic carbocycles. The van der Waals surface area contributed by atoms with E-state index in [9.17, 15) is 4.57 Å². The van der Waals surface area contributed by atoms with E-state index in [0.717, 1.165) is 0 Å². The van der Waals surface area contributed by atoms with E-state index in [4.69, 9.17) is 4.89 Å². The first-order valence-electron chi connectivity index (χ1n) is 2.92. The van der Waals surface area contributed by atoms with E-state index in [0.29, 0.717) is 6.42 Å². The van der Waals surface area contributed by atoms with Gasteiger partial charge in [-0.15, -0.1) is 0 Å². The normalized spacial score (nSPS) is 20.9. The van der Waals surface area contributed by atoms with Crippen molar-refractivity contribution in [3.63, 3.8) is 0 Å². The van der Waals surface area contributed by atoms with E-state index >= 15 is 0 Å². The maximum Gasteiger partial charge on any atom is 0.330 e. The number of hydrogen-bond donors (Lipinski definition) is 1. The average molecular weight is 152 g/mol. The van der Waals surface area contributed by atoms with Crippen molar-refractivity contribution in [2.45, 2.75) is 25.9 Å². The van der Waals surface area contributed by atoms with Gasteiger partial charge in [0.25, 0.3) is 0 Å². The predicted molar refractivity (Wildman–Crippen MR) is 36.6 cm³/mol. The summed E-state index contributed by atoms with van der Waals surface area (Å²) in [6.45, 7) is 3.55. The molecule has 0 radical (unpaired) electrons. The first kappa shape index (κ1) is 9.15. The van der Waals surface area contributed by atoms with Gasteiger partial charge in [0.15, 0.2) is 0 Å². The number of rotatable bonds is 3. The topological polar surface area (TPSA) is 46.5 Å². The summed E-state index contributed by atoms with van der Waals surface area (Å²) < 4.78 is 15.2. The van der Waals surface area contributed by atoms with Gasteiger partial charge in [0, 0.05) is 7.11 Å². The molecule has 0 aliphatic rings. The third kappa shape index (κ3) is 2.48. The Morgan fingerprint density at radius 1 is 1.78 bits per heavy atom. The Labute approximate surface area is 55.6 Å². The zero-order valence-electron chi connectivity index (χ0n) is 6.00. The van der Waals surface area contributed by atoms with Crippen molar-refractivity contribution in [3.8, 4) is 0 Å². The van der Waals surface area contributed by atoms with Gasteiger partial charge in [-0.05, 0) is 6.42 Å². The van der Waals surface area contributed by atoms with Crippen molar-refractivity contribution in [2.75, 3.05) is 7.11 Å². The van der Waals surface area contributed by atoms with Gasteiger partial charge in [0.1, 0.15) is 0 Å². The molecule has 0 fully saturated rings. The van der Waals surface area contributed by atoms with E-state index in [-0.39, 0.29) is 5.66 Å². The molecule has 0 rings (SSSR count). The highest BCUT2D eigenvalue weighted by Gasteiger charge is 2.24. The second-order valence-electron chi connectivity index (χ2n) is 2.00. The molecule has 0 aromatic heterocycles. The van der Waals surface area contributed by atoms with Crippen LogP contribution in [0.15, 0.2) is 0 Å². The van der Waals surface area contributed by atoms with Crippen LogP contribution in [-0.2, 0) is 9.09 Å². The smallest absolute Gasteiger partial charge is 0.324 e. The van der Waals surface area contributed by atoms with Crippen LogP contribution in [0.3, 0.4) is 0 Å². The van der Waals surface area contributed by atoms with Crippen molar-refractivity contribution >= 4 is 7.60 Å². The van der Waals surface area contributed by atoms with Gasteiger partial charge < -0.3 is 9.42 Å². The van der Waals surface area contributed by atoms with Gasteiger partial charge in [-0.3, -0.25) is 4.57 Å². The quantitative estimate of drug-likeness (QED) is 0.625. The third-order valence-corrected chi connectivity index (χ3v) is 3.41. The minimum Gasteiger partial charge on any atom is -0.324 e. The fourth-order valence-electron chi connectivity index (χ4n) is 0.411. The maximum atomic E-state index is 10.8. The van der Waals surface area contributed by atoms with Crippen molar-refractivity contribution in [1.82, 2.24) is 0 Å². The summed E-state index contributed by atoms with van der Waals surface area (Å²) in [6.07, 6.45) is 0.668. The molecule has 0 spiro atoms. The van der Waals surface area contributed by atoms with Gasteiger partial charge in [0.05, 0.1) is 5.66 Å². The summed E-state index contributed by atoms with van der Waals surface area (Å²) in [5, 5.41) is 0. The Balaban J connectivity index is 3.98. The van der Waals surface area contributed by atoms with Crippen LogP contribution in [0.1, 0.15) is 20.3 Å². The molecule has 4 heteroatoms. The highest BCUT2D eigenvalue weighted by Crippen LogP contribution is 2.47. The summed E-state index contributed by atoms with van der Waals surface area (Å²) in [6, 6.07) is 0. The van der Waals surface area contributed by atoms with Crippen LogP contribution in [0, 0.1) is 0 Å². The third-order valence-electron chi connectivity index (χ3n) is 1.41. The second kappa shape index (κ2) is 3.35. The molecule has 0 heterocycles. The summed E-state index contributed by atoms with van der Waals surface area (Å²) in [5.74, 6) is 0. The van der Waals surface area contributed by atoms with Crippen molar-refractivity contribution in [2.24, 2.45) is 0 Å². The van der Waals surface area contributed by atoms with Crippen molar-refractivity contribution in [1.29, 1.82) is 0 Å². The van der Waals surface area contributed by atoms with Gasteiger partial charge in [-0.25, -0.2) is 0 Å². The van der Waals surface area contributed by atoms with Gasteiger partial charge in [-0.1, -0.05) is 13.8 Å². The molecule has 0 aliphatic carbocycles. The average Bonchev–Trinajstić information content (AvgIpc) is 1.86. The minimum atomic E-state index is -3.26. The summed E-state index contributed by atoms with van der Waals surface area (Å²) >= 11 is 0. The van der Waals surface area contributed by atoms with E-state index in [1.165, 1.54) is 7.11 Å². The van der Waals surface area contributed by atoms with Gasteiger partial charge in [-0.2, -0.15) is 0 Å². The number of hydrogen-bond acceptors (Lipinski definition) is 2. The highest BCUT2D eigenvalue weighted by atomic mass is 31.2. The van der Waals surface area contributed by atoms with Crippen LogP contribution in [0.5, 0.6) is 0 Å². The minimum absolute atomic E-state index is 0.248. The first-order valence-corrected chi connectivity index (χ1v) is 4.57. The molecule has 0 saturated heterocycles. The molecule has 1 N–H and O–H groups in total. The van der Waals surface area contributed by atoms with E-state index in [2.05, 4.69) is 4.52 Å². The fourth-order valence-corrected chi connectivity index (χ4v) is 1.23. The summed E-state index contributed by atoms with van der Waals surface area (Å²) in [5.41, 5.74) is -0.248. The van der Waals surface area contributed by atoms with Crippen LogP contribution in [0.4, 0.5) is 0 Å². The molecular formula is C5H13O3P. The fraction of sp³-hybridized carbons (Fsp3) is 1.00. The molecule has 0 aliphatic heterocycles. The molecule has 0 bridgehead atoms. The Kier molecular flexibility index (Phi) is 3.41. The van der Waals surface area contributed by atoms with Crippen LogP contribution in [0.2, 0.25) is 0 Å². The van der Waals surface area contributed by atoms with Crippen molar-refractivity contribution < 1.29 is 14.0 Å². The van der Waals surface area contributed by atoms with Gasteiger partial charge >= 0.3 is 7.60 Å². The van der Waals surface area contributed by atoms with Gasteiger partial charge in [0.2, 0.25) is 0 Å². The lowest BCUT2D eigenvalue weighted by atomic mass is 10.4. The van der Waals surface area contributed by atoms with Crippen molar-refractivity contribution in [3.05, 3.63) is 0 Å². The molecule has 0 amide bonds. The lowest BCUT2D eigenvalue weighted by Crippen LogP contribution is -2.01. The predicted octanol–water partition coefficient (Wildman–Crippen LogP) is 1.62. The monoisotopic (exact) mass is 152 g/mol. The Morgan fingerprint density at radius 3 is 2.33 bits per heavy atom. The molecule has 0 saturated carbocycles. The lowest BCUT2D eigenvalue weighted by molar-refractivity contribution is 0.305. The van der Waals surface area contributed by atoms with Crippen LogP contribution < -0.4 is 0 Å². The molecule has 2 unspecified atom stereocenters. The first-order chi connectivity index (χ1) is 4.04. The highest BCUT2D eigenvalue weighted by molar-refractivity contribution is 7.53. The molecule has 9 heavy (non-hydrogen) atoms. The molecular weight excluding hydrogens is 139 g/mol. The zero-order valence-corrected chi connectivity index (χ0v) is 6.89. The summed E-state index contributed by atoms with van der Waals surface area (Å²) in [7, 11) is -2.01. The molecule has 0 aromatic rings. The lowest BCUT2D eigenvalue weighted by Gasteiger charge is -2.13. The summed E-state index contributed by atoms with van der Waals surface area (Å²) in [4.78, 5) is 8.93. The largest absolute Gasteiger partial charge is 0.330 e. The Hall–Kier alpha value is 0.150. The maximum absolute atomic E-state index is 10.8. The zero-order chi connectivity index (χ0) is 7.49. The molecule has 56 valence electrons. The Bertz CT molecular complexity index is 123. The Morgan fingerprint density at radius 2 is 2.22 bits per heavy atom. The van der Waals surface area contributed by atoms with Crippen LogP contribution >= 0.6 is 7.60 Å².